The molecule has 7 nitrogen and oxygen atoms in total. The number of nitrogens with zero attached hydrogens (tertiary/aromatic N) is 2. The maximum absolute atomic E-state index is 13.9. The Labute approximate surface area is 154 Å². The number of halogens is 2. The van der Waals surface area contributed by atoms with E-state index in [0.29, 0.717) is 16.7 Å². The molecule has 10 heteroatoms. The minimum Gasteiger partial charge on any atom is -0.338 e. The molecule has 0 atom stereocenters. The van der Waals surface area contributed by atoms with Crippen molar-refractivity contribution in [1.29, 1.82) is 0 Å². The van der Waals surface area contributed by atoms with Crippen LogP contribution in [-0.4, -0.2) is 48.4 Å². The van der Waals surface area contributed by atoms with Crippen molar-refractivity contribution in [3.05, 3.63) is 48.0 Å². The van der Waals surface area contributed by atoms with Crippen LogP contribution in [0.25, 0.3) is 22.4 Å². The lowest BCUT2D eigenvalue weighted by Gasteiger charge is -2.13. The van der Waals surface area contributed by atoms with E-state index in [4.69, 9.17) is 0 Å². The van der Waals surface area contributed by atoms with Crippen molar-refractivity contribution >= 4 is 32.7 Å². The third-order valence-corrected chi connectivity index (χ3v) is 5.14. The lowest BCUT2D eigenvalue weighted by molar-refractivity contribution is -0.116. The fourth-order valence-electron chi connectivity index (χ4n) is 2.41. The Bertz CT molecular complexity index is 1130. The topological polar surface area (TPSA) is 95.2 Å². The largest absolute Gasteiger partial charge is 0.338 e. The summed E-state index contributed by atoms with van der Waals surface area (Å²) in [4.78, 5) is 19.1. The highest BCUT2D eigenvalue weighted by molar-refractivity contribution is 7.88. The van der Waals surface area contributed by atoms with Crippen LogP contribution in [0, 0.1) is 11.6 Å². The van der Waals surface area contributed by atoms with E-state index in [-0.39, 0.29) is 17.9 Å². The molecular weight excluding hydrogens is 378 g/mol. The first-order chi connectivity index (χ1) is 12.6. The maximum atomic E-state index is 13.9. The van der Waals surface area contributed by atoms with E-state index >= 15 is 0 Å². The molecule has 0 radical (unpaired) electrons. The number of anilines is 1. The van der Waals surface area contributed by atoms with Gasteiger partial charge in [0, 0.05) is 12.7 Å². The third kappa shape index (κ3) is 4.29. The molecule has 1 amide bonds. The number of carbonyl (C=O) groups excluding carboxylic acids is 1. The number of fused-ring (bicyclic) bond motifs is 1. The molecular formula is C17H16F2N4O3S. The number of aromatic nitrogens is 2. The van der Waals surface area contributed by atoms with E-state index in [1.165, 1.54) is 7.05 Å². The van der Waals surface area contributed by atoms with E-state index < -0.39 is 27.6 Å². The van der Waals surface area contributed by atoms with Crippen molar-refractivity contribution in [2.75, 3.05) is 25.2 Å². The Hall–Kier alpha value is -2.85. The summed E-state index contributed by atoms with van der Waals surface area (Å²) in [5, 5.41) is 2.58. The second kappa shape index (κ2) is 7.05. The Morgan fingerprint density at radius 3 is 2.67 bits per heavy atom. The number of likely N-dealkylation sites (N-methyl/N-ethyl adjacent to an activating group) is 1. The summed E-state index contributed by atoms with van der Waals surface area (Å²) in [5.41, 5.74) is 1.40. The molecule has 0 aliphatic heterocycles. The van der Waals surface area contributed by atoms with Crippen LogP contribution in [0.1, 0.15) is 0 Å². The monoisotopic (exact) mass is 394 g/mol. The van der Waals surface area contributed by atoms with Gasteiger partial charge in [0.15, 0.2) is 0 Å². The molecule has 0 aliphatic rings. The number of rotatable bonds is 5. The smallest absolute Gasteiger partial charge is 0.239 e. The number of sulfonamides is 1. The normalized spacial score (nSPS) is 11.9. The van der Waals surface area contributed by atoms with Crippen molar-refractivity contribution in [2.45, 2.75) is 0 Å². The molecule has 3 rings (SSSR count). The number of imidazole rings is 1. The van der Waals surface area contributed by atoms with E-state index in [1.807, 2.05) is 0 Å². The minimum atomic E-state index is -3.47. The Morgan fingerprint density at radius 2 is 1.96 bits per heavy atom. The van der Waals surface area contributed by atoms with Gasteiger partial charge in [-0.25, -0.2) is 22.2 Å². The first-order valence-corrected chi connectivity index (χ1v) is 9.64. The van der Waals surface area contributed by atoms with Gasteiger partial charge >= 0.3 is 0 Å². The first kappa shape index (κ1) is 18.9. The summed E-state index contributed by atoms with van der Waals surface area (Å²) in [6, 6.07) is 7.82. The Kier molecular flexibility index (Phi) is 4.94. The molecule has 142 valence electrons. The highest BCUT2D eigenvalue weighted by Crippen LogP contribution is 2.25. The average molecular weight is 394 g/mol. The summed E-state index contributed by atoms with van der Waals surface area (Å²) in [7, 11) is -2.17. The Morgan fingerprint density at radius 1 is 1.22 bits per heavy atom. The summed E-state index contributed by atoms with van der Waals surface area (Å²) < 4.78 is 50.9. The molecule has 1 heterocycles. The number of H-pyrrole nitrogens is 1. The van der Waals surface area contributed by atoms with Crippen molar-refractivity contribution in [3.8, 4) is 11.4 Å². The van der Waals surface area contributed by atoms with E-state index in [1.54, 1.807) is 18.2 Å². The summed E-state index contributed by atoms with van der Waals surface area (Å²) in [6.07, 6.45) is 1.00. The van der Waals surface area contributed by atoms with Crippen LogP contribution in [0.5, 0.6) is 0 Å². The predicted octanol–water partition coefficient (Wildman–Crippen LogP) is 2.34. The SMILES string of the molecule is CN(CC(=O)Nc1ccc2nc(-c3cc(F)ccc3F)[nH]c2c1)S(C)(=O)=O. The van der Waals surface area contributed by atoms with Crippen molar-refractivity contribution in [3.63, 3.8) is 0 Å². The number of aromatic amines is 1. The lowest BCUT2D eigenvalue weighted by Crippen LogP contribution is -2.34. The second-order valence-electron chi connectivity index (χ2n) is 6.01. The second-order valence-corrected chi connectivity index (χ2v) is 8.10. The highest BCUT2D eigenvalue weighted by Gasteiger charge is 2.16. The number of benzene rings is 2. The number of amides is 1. The molecule has 0 bridgehead atoms. The van der Waals surface area contributed by atoms with Crippen molar-refractivity contribution in [2.24, 2.45) is 0 Å². The van der Waals surface area contributed by atoms with Crippen LogP contribution in [-0.2, 0) is 14.8 Å². The van der Waals surface area contributed by atoms with Crippen molar-refractivity contribution in [1.82, 2.24) is 14.3 Å². The molecule has 27 heavy (non-hydrogen) atoms. The van der Waals surface area contributed by atoms with Crippen LogP contribution in [0.2, 0.25) is 0 Å². The lowest BCUT2D eigenvalue weighted by atomic mass is 10.2. The Balaban J connectivity index is 1.84. The van der Waals surface area contributed by atoms with Crippen LogP contribution >= 0.6 is 0 Å². The van der Waals surface area contributed by atoms with Gasteiger partial charge < -0.3 is 10.3 Å². The van der Waals surface area contributed by atoms with Gasteiger partial charge in [0.1, 0.15) is 17.5 Å². The van der Waals surface area contributed by atoms with Gasteiger partial charge in [-0.2, -0.15) is 4.31 Å². The molecule has 1 aromatic heterocycles. The van der Waals surface area contributed by atoms with E-state index in [0.717, 1.165) is 28.8 Å². The van der Waals surface area contributed by atoms with Gasteiger partial charge in [0.25, 0.3) is 0 Å². The summed E-state index contributed by atoms with van der Waals surface area (Å²) >= 11 is 0. The van der Waals surface area contributed by atoms with Gasteiger partial charge in [-0.05, 0) is 36.4 Å². The zero-order valence-electron chi connectivity index (χ0n) is 14.5. The zero-order valence-corrected chi connectivity index (χ0v) is 15.3. The molecule has 0 saturated carbocycles. The summed E-state index contributed by atoms with van der Waals surface area (Å²) in [6.45, 7) is -0.334. The van der Waals surface area contributed by atoms with Crippen LogP contribution in [0.4, 0.5) is 14.5 Å². The fraction of sp³-hybridized carbons (Fsp3) is 0.176. The molecule has 0 aliphatic carbocycles. The van der Waals surface area contributed by atoms with Crippen LogP contribution in [0.3, 0.4) is 0 Å². The average Bonchev–Trinajstić information content (AvgIpc) is 2.99. The van der Waals surface area contributed by atoms with Gasteiger partial charge in [0.05, 0.1) is 29.4 Å². The van der Waals surface area contributed by atoms with Crippen molar-refractivity contribution < 1.29 is 22.0 Å². The molecule has 3 aromatic rings. The third-order valence-electron chi connectivity index (χ3n) is 3.88. The maximum Gasteiger partial charge on any atom is 0.239 e. The fourth-order valence-corrected chi connectivity index (χ4v) is 2.77. The van der Waals surface area contributed by atoms with E-state index in [2.05, 4.69) is 15.3 Å². The number of hydrogen-bond donors (Lipinski definition) is 2. The highest BCUT2D eigenvalue weighted by atomic mass is 32.2. The van der Waals surface area contributed by atoms with Gasteiger partial charge in [-0.1, -0.05) is 0 Å². The molecule has 2 aromatic carbocycles. The number of nitrogens with one attached hydrogen (secondary N) is 2. The molecule has 0 saturated heterocycles. The van der Waals surface area contributed by atoms with Gasteiger partial charge in [-0.3, -0.25) is 4.79 Å². The molecule has 0 fully saturated rings. The molecule has 0 spiro atoms. The van der Waals surface area contributed by atoms with Crippen LogP contribution < -0.4 is 5.32 Å². The number of hydrogen-bond acceptors (Lipinski definition) is 4. The van der Waals surface area contributed by atoms with E-state index in [9.17, 15) is 22.0 Å². The predicted molar refractivity (Wildman–Crippen MR) is 97.5 cm³/mol. The summed E-state index contributed by atoms with van der Waals surface area (Å²) in [5.74, 6) is -1.57. The molecule has 0 unspecified atom stereocenters. The van der Waals surface area contributed by atoms with Gasteiger partial charge in [0.2, 0.25) is 15.9 Å². The first-order valence-electron chi connectivity index (χ1n) is 7.80. The van der Waals surface area contributed by atoms with Gasteiger partial charge in [-0.15, -0.1) is 0 Å². The quantitative estimate of drug-likeness (QED) is 0.694. The molecule has 2 N–H and O–H groups in total. The standard InChI is InChI=1S/C17H16F2N4O3S/c1-23(27(2,25)26)9-16(24)20-11-4-6-14-15(8-11)22-17(21-14)12-7-10(18)3-5-13(12)19/h3-8H,9H2,1-2H3,(H,20,24)(H,21,22). The zero-order chi connectivity index (χ0) is 19.8. The van der Waals surface area contributed by atoms with Crippen LogP contribution in [0.15, 0.2) is 36.4 Å². The number of carbonyl (C=O) groups is 1. The minimum absolute atomic E-state index is 0.00781.